The first kappa shape index (κ1) is 27.2. The molecule has 14 nitrogen and oxygen atoms in total. The van der Waals surface area contributed by atoms with E-state index in [0.29, 0.717) is 5.56 Å². The Kier molecular flexibility index (Phi) is 8.30. The van der Waals surface area contributed by atoms with E-state index in [-0.39, 0.29) is 38.7 Å². The van der Waals surface area contributed by atoms with Gasteiger partial charge in [0, 0.05) is 23.9 Å². The van der Waals surface area contributed by atoms with E-state index < -0.39 is 32.1 Å². The van der Waals surface area contributed by atoms with Gasteiger partial charge in [-0.25, -0.2) is 0 Å². The van der Waals surface area contributed by atoms with E-state index in [0.717, 1.165) is 24.3 Å². The van der Waals surface area contributed by atoms with Gasteiger partial charge in [0.25, 0.3) is 17.3 Å². The second-order valence-corrected chi connectivity index (χ2v) is 8.09. The van der Waals surface area contributed by atoms with Crippen LogP contribution in [0.4, 0.5) is 22.7 Å². The van der Waals surface area contributed by atoms with Crippen molar-refractivity contribution in [1.82, 2.24) is 0 Å². The normalized spacial score (nSPS) is 10.7. The zero-order chi connectivity index (χ0) is 28.0. The standard InChI is InChI=1S/C23H14BrN5O9/c1-37-21-9-13(7-14(12-25)23(30)26-15-3-2-4-16(10-15)27(31)32)8-18(24)22(21)38-20-6-5-17(28(33)34)11-19(20)29(35)36/h2-11H,1H3,(H,26,30)/b14-7+. The maximum absolute atomic E-state index is 12.6. The molecule has 0 saturated carbocycles. The molecule has 3 aromatic rings. The number of methoxy groups -OCH3 is 1. The minimum atomic E-state index is -0.834. The summed E-state index contributed by atoms with van der Waals surface area (Å²) in [4.78, 5) is 43.7. The average molecular weight is 584 g/mol. The Bertz CT molecular complexity index is 1550. The van der Waals surface area contributed by atoms with Crippen LogP contribution in [0, 0.1) is 41.7 Å². The Morgan fingerprint density at radius 2 is 1.66 bits per heavy atom. The lowest BCUT2D eigenvalue weighted by atomic mass is 10.1. The van der Waals surface area contributed by atoms with Gasteiger partial charge in [-0.2, -0.15) is 5.26 Å². The molecule has 0 heterocycles. The summed E-state index contributed by atoms with van der Waals surface area (Å²) >= 11 is 3.26. The largest absolute Gasteiger partial charge is 0.493 e. The summed E-state index contributed by atoms with van der Waals surface area (Å²) in [6.07, 6.45) is 1.22. The third-order valence-electron chi connectivity index (χ3n) is 4.80. The number of benzene rings is 3. The summed E-state index contributed by atoms with van der Waals surface area (Å²) in [6.45, 7) is 0. The van der Waals surface area contributed by atoms with Crippen LogP contribution in [0.5, 0.6) is 17.2 Å². The highest BCUT2D eigenvalue weighted by Crippen LogP contribution is 2.43. The minimum Gasteiger partial charge on any atom is -0.493 e. The molecule has 0 aliphatic rings. The number of carbonyl (C=O) groups excluding carboxylic acids is 1. The van der Waals surface area contributed by atoms with Crippen molar-refractivity contribution in [2.75, 3.05) is 12.4 Å². The average Bonchev–Trinajstić information content (AvgIpc) is 2.88. The van der Waals surface area contributed by atoms with Gasteiger partial charge in [0.2, 0.25) is 5.75 Å². The number of nitro benzene ring substituents is 3. The molecule has 0 atom stereocenters. The number of carbonyl (C=O) groups is 1. The van der Waals surface area contributed by atoms with E-state index >= 15 is 0 Å². The van der Waals surface area contributed by atoms with Crippen molar-refractivity contribution in [2.24, 2.45) is 0 Å². The first-order chi connectivity index (χ1) is 18.0. The number of hydrogen-bond donors (Lipinski definition) is 1. The molecule has 3 aromatic carbocycles. The number of nitrogens with zero attached hydrogens (tertiary/aromatic N) is 4. The number of rotatable bonds is 9. The Hall–Kier alpha value is -5.36. The van der Waals surface area contributed by atoms with E-state index in [2.05, 4.69) is 21.2 Å². The summed E-state index contributed by atoms with van der Waals surface area (Å²) in [7, 11) is 1.28. The molecule has 38 heavy (non-hydrogen) atoms. The van der Waals surface area contributed by atoms with E-state index in [1.165, 1.54) is 43.5 Å². The number of halogens is 1. The van der Waals surface area contributed by atoms with Crippen LogP contribution in [0.3, 0.4) is 0 Å². The van der Waals surface area contributed by atoms with Gasteiger partial charge in [-0.05, 0) is 51.8 Å². The van der Waals surface area contributed by atoms with Crippen LogP contribution in [0.25, 0.3) is 6.08 Å². The molecule has 3 rings (SSSR count). The molecule has 1 amide bonds. The lowest BCUT2D eigenvalue weighted by molar-refractivity contribution is -0.394. The molecule has 0 bridgehead atoms. The van der Waals surface area contributed by atoms with Gasteiger partial charge in [0.05, 0.1) is 32.4 Å². The van der Waals surface area contributed by atoms with Crippen molar-refractivity contribution < 1.29 is 29.0 Å². The predicted molar refractivity (Wildman–Crippen MR) is 136 cm³/mol. The third kappa shape index (κ3) is 6.25. The van der Waals surface area contributed by atoms with Gasteiger partial charge < -0.3 is 14.8 Å². The third-order valence-corrected chi connectivity index (χ3v) is 5.39. The maximum Gasteiger partial charge on any atom is 0.318 e. The van der Waals surface area contributed by atoms with Crippen LogP contribution in [0.1, 0.15) is 5.56 Å². The molecule has 0 radical (unpaired) electrons. The topological polar surface area (TPSA) is 201 Å². The highest BCUT2D eigenvalue weighted by atomic mass is 79.9. The number of nitrogens with one attached hydrogen (secondary N) is 1. The van der Waals surface area contributed by atoms with Crippen molar-refractivity contribution in [3.8, 4) is 23.3 Å². The van der Waals surface area contributed by atoms with Gasteiger partial charge in [-0.15, -0.1) is 0 Å². The van der Waals surface area contributed by atoms with E-state index in [9.17, 15) is 40.4 Å². The number of ether oxygens (including phenoxy) is 2. The smallest absolute Gasteiger partial charge is 0.318 e. The summed E-state index contributed by atoms with van der Waals surface area (Å²) in [5, 5.41) is 45.3. The monoisotopic (exact) mass is 583 g/mol. The molecular formula is C23H14BrN5O9. The second-order valence-electron chi connectivity index (χ2n) is 7.23. The fourth-order valence-corrected chi connectivity index (χ4v) is 3.63. The van der Waals surface area contributed by atoms with Gasteiger partial charge in [0.15, 0.2) is 11.5 Å². The van der Waals surface area contributed by atoms with Crippen molar-refractivity contribution in [3.05, 3.63) is 101 Å². The fourth-order valence-electron chi connectivity index (χ4n) is 3.09. The number of nitro groups is 3. The lowest BCUT2D eigenvalue weighted by Crippen LogP contribution is -2.13. The lowest BCUT2D eigenvalue weighted by Gasteiger charge is -2.13. The summed E-state index contributed by atoms with van der Waals surface area (Å²) < 4.78 is 11.2. The molecule has 0 aliphatic carbocycles. The molecule has 0 aliphatic heterocycles. The van der Waals surface area contributed by atoms with Crippen LogP contribution >= 0.6 is 15.9 Å². The van der Waals surface area contributed by atoms with E-state index in [1.54, 1.807) is 6.07 Å². The molecule has 0 spiro atoms. The first-order valence-electron chi connectivity index (χ1n) is 10.2. The molecular weight excluding hydrogens is 570 g/mol. The number of hydrogen-bond acceptors (Lipinski definition) is 10. The van der Waals surface area contributed by atoms with Crippen LogP contribution < -0.4 is 14.8 Å². The molecule has 0 fully saturated rings. The molecule has 15 heteroatoms. The zero-order valence-electron chi connectivity index (χ0n) is 19.1. The minimum absolute atomic E-state index is 0.0128. The SMILES string of the molecule is COc1cc(/C=C(\C#N)C(=O)Nc2cccc([N+](=O)[O-])c2)cc(Br)c1Oc1ccc([N+](=O)[O-])cc1[N+](=O)[O-]. The van der Waals surface area contributed by atoms with E-state index in [4.69, 9.17) is 9.47 Å². The van der Waals surface area contributed by atoms with Gasteiger partial charge in [-0.1, -0.05) is 6.07 Å². The number of anilines is 1. The van der Waals surface area contributed by atoms with Crippen LogP contribution in [-0.2, 0) is 4.79 Å². The van der Waals surface area contributed by atoms with Gasteiger partial charge in [-0.3, -0.25) is 35.1 Å². The molecule has 0 aromatic heterocycles. The first-order valence-corrected chi connectivity index (χ1v) is 11.0. The van der Waals surface area contributed by atoms with Gasteiger partial charge in [0.1, 0.15) is 11.6 Å². The highest BCUT2D eigenvalue weighted by Gasteiger charge is 2.23. The summed E-state index contributed by atoms with van der Waals surface area (Å²) in [6, 6.07) is 12.6. The van der Waals surface area contributed by atoms with Crippen molar-refractivity contribution in [2.45, 2.75) is 0 Å². The highest BCUT2D eigenvalue weighted by molar-refractivity contribution is 9.10. The number of non-ortho nitro benzene ring substituents is 2. The Labute approximate surface area is 221 Å². The molecule has 1 N–H and O–H groups in total. The second kappa shape index (κ2) is 11.6. The van der Waals surface area contributed by atoms with Crippen LogP contribution in [0.2, 0.25) is 0 Å². The van der Waals surface area contributed by atoms with Crippen LogP contribution in [0.15, 0.2) is 64.6 Å². The van der Waals surface area contributed by atoms with Gasteiger partial charge >= 0.3 is 5.69 Å². The Balaban J connectivity index is 1.94. The summed E-state index contributed by atoms with van der Waals surface area (Å²) in [5.74, 6) is -1.09. The quantitative estimate of drug-likeness (QED) is 0.144. The predicted octanol–water partition coefficient (Wildman–Crippen LogP) is 5.52. The van der Waals surface area contributed by atoms with E-state index in [1.807, 2.05) is 0 Å². The molecule has 0 unspecified atom stereocenters. The fraction of sp³-hybridized carbons (Fsp3) is 0.0435. The maximum atomic E-state index is 12.6. The van der Waals surface area contributed by atoms with Crippen molar-refractivity contribution in [1.29, 1.82) is 5.26 Å². The molecule has 0 saturated heterocycles. The van der Waals surface area contributed by atoms with Crippen molar-refractivity contribution >= 4 is 50.7 Å². The molecule has 192 valence electrons. The number of amides is 1. The zero-order valence-corrected chi connectivity index (χ0v) is 20.7. The number of nitriles is 1. The van der Waals surface area contributed by atoms with Crippen LogP contribution in [-0.4, -0.2) is 27.8 Å². The Morgan fingerprint density at radius 3 is 2.26 bits per heavy atom. The summed E-state index contributed by atoms with van der Waals surface area (Å²) in [5.41, 5.74) is -1.33. The van der Waals surface area contributed by atoms with Crippen molar-refractivity contribution in [3.63, 3.8) is 0 Å². The Morgan fingerprint density at radius 1 is 0.974 bits per heavy atom.